The molecule has 0 bridgehead atoms. The number of rotatable bonds is 3. The molecule has 27 heavy (non-hydrogen) atoms. The van der Waals surface area contributed by atoms with Gasteiger partial charge in [-0.25, -0.2) is 4.98 Å². The van der Waals surface area contributed by atoms with Crippen molar-refractivity contribution in [1.29, 1.82) is 0 Å². The molecule has 0 radical (unpaired) electrons. The smallest absolute Gasteiger partial charge is 0.274 e. The summed E-state index contributed by atoms with van der Waals surface area (Å²) in [5.41, 5.74) is 1.88. The largest absolute Gasteiger partial charge is 0.378 e. The zero-order valence-corrected chi connectivity index (χ0v) is 16.0. The fourth-order valence-electron chi connectivity index (χ4n) is 4.09. The Bertz CT molecular complexity index is 803. The van der Waals surface area contributed by atoms with Gasteiger partial charge in [-0.05, 0) is 11.0 Å². The summed E-state index contributed by atoms with van der Waals surface area (Å²) in [7, 11) is 0. The lowest BCUT2D eigenvalue weighted by molar-refractivity contribution is 0.0299. The predicted octanol–water partition coefficient (Wildman–Crippen LogP) is 2.58. The number of aromatic nitrogens is 2. The van der Waals surface area contributed by atoms with Crippen LogP contribution in [-0.2, 0) is 4.74 Å². The molecule has 2 fully saturated rings. The molecule has 1 atom stereocenters. The van der Waals surface area contributed by atoms with Crippen LogP contribution in [0.4, 0.5) is 5.82 Å². The Labute approximate surface area is 160 Å². The van der Waals surface area contributed by atoms with E-state index in [0.29, 0.717) is 37.9 Å². The Morgan fingerprint density at radius 3 is 2.63 bits per heavy atom. The van der Waals surface area contributed by atoms with E-state index in [1.165, 1.54) is 5.56 Å². The highest BCUT2D eigenvalue weighted by Gasteiger charge is 2.40. The molecule has 6 heteroatoms. The van der Waals surface area contributed by atoms with Crippen molar-refractivity contribution in [1.82, 2.24) is 14.9 Å². The maximum atomic E-state index is 12.7. The van der Waals surface area contributed by atoms with Crippen LogP contribution in [-0.4, -0.2) is 60.2 Å². The minimum Gasteiger partial charge on any atom is -0.378 e. The van der Waals surface area contributed by atoms with Crippen LogP contribution in [0.25, 0.3) is 0 Å². The van der Waals surface area contributed by atoms with Gasteiger partial charge >= 0.3 is 0 Å². The third-order valence-electron chi connectivity index (χ3n) is 5.61. The summed E-state index contributed by atoms with van der Waals surface area (Å²) in [6.45, 7) is 8.73. The van der Waals surface area contributed by atoms with Gasteiger partial charge in [0.1, 0.15) is 11.5 Å². The van der Waals surface area contributed by atoms with E-state index in [0.717, 1.165) is 18.9 Å². The van der Waals surface area contributed by atoms with Gasteiger partial charge in [0.05, 0.1) is 25.6 Å². The third-order valence-corrected chi connectivity index (χ3v) is 5.61. The number of carbonyl (C=O) groups excluding carboxylic acids is 1. The zero-order valence-electron chi connectivity index (χ0n) is 16.0. The first-order valence-electron chi connectivity index (χ1n) is 9.53. The molecule has 6 nitrogen and oxygen atoms in total. The summed E-state index contributed by atoms with van der Waals surface area (Å²) in [6.07, 6.45) is 3.33. The Hall–Kier alpha value is -2.47. The molecule has 1 aromatic heterocycles. The van der Waals surface area contributed by atoms with Crippen LogP contribution in [0.2, 0.25) is 0 Å². The van der Waals surface area contributed by atoms with Crippen LogP contribution >= 0.6 is 0 Å². The number of anilines is 1. The third kappa shape index (κ3) is 3.67. The standard InChI is InChI=1S/C21H26N4O2/c1-21(2)15-25(14-17(21)16-6-4-3-5-7-16)19-13-22-12-18(23-19)20(26)24-8-10-27-11-9-24/h3-7,12-13,17H,8-11,14-15H2,1-2H3. The molecule has 2 aliphatic rings. The number of nitrogens with zero attached hydrogens (tertiary/aromatic N) is 4. The number of amides is 1. The van der Waals surface area contributed by atoms with E-state index >= 15 is 0 Å². The lowest BCUT2D eigenvalue weighted by atomic mass is 9.78. The van der Waals surface area contributed by atoms with E-state index in [1.807, 2.05) is 0 Å². The molecular formula is C21H26N4O2. The second-order valence-corrected chi connectivity index (χ2v) is 8.00. The fraction of sp³-hybridized carbons (Fsp3) is 0.476. The van der Waals surface area contributed by atoms with Crippen LogP contribution in [0, 0.1) is 5.41 Å². The molecule has 2 aliphatic heterocycles. The van der Waals surface area contributed by atoms with Gasteiger partial charge in [0, 0.05) is 32.1 Å². The minimum absolute atomic E-state index is 0.0642. The number of hydrogen-bond acceptors (Lipinski definition) is 5. The van der Waals surface area contributed by atoms with Crippen molar-refractivity contribution >= 4 is 11.7 Å². The summed E-state index contributed by atoms with van der Waals surface area (Å²) in [5.74, 6) is 1.13. The number of morpholine rings is 1. The average Bonchev–Trinajstić information content (AvgIpc) is 3.04. The van der Waals surface area contributed by atoms with Crippen molar-refractivity contribution in [2.24, 2.45) is 5.41 Å². The van der Waals surface area contributed by atoms with E-state index in [-0.39, 0.29) is 11.3 Å². The summed E-state index contributed by atoms with van der Waals surface area (Å²) >= 11 is 0. The van der Waals surface area contributed by atoms with E-state index in [4.69, 9.17) is 4.74 Å². The highest BCUT2D eigenvalue weighted by molar-refractivity contribution is 5.92. The van der Waals surface area contributed by atoms with Gasteiger partial charge in [-0.3, -0.25) is 9.78 Å². The number of ether oxygens (including phenoxy) is 1. The molecule has 142 valence electrons. The van der Waals surface area contributed by atoms with Crippen molar-refractivity contribution < 1.29 is 9.53 Å². The molecule has 0 saturated carbocycles. The Morgan fingerprint density at radius 2 is 1.89 bits per heavy atom. The summed E-state index contributed by atoms with van der Waals surface area (Å²) in [6, 6.07) is 10.6. The van der Waals surface area contributed by atoms with Gasteiger partial charge in [0.2, 0.25) is 0 Å². The van der Waals surface area contributed by atoms with Crippen molar-refractivity contribution in [3.63, 3.8) is 0 Å². The first kappa shape index (κ1) is 17.9. The maximum absolute atomic E-state index is 12.7. The quantitative estimate of drug-likeness (QED) is 0.836. The first-order valence-corrected chi connectivity index (χ1v) is 9.53. The van der Waals surface area contributed by atoms with Gasteiger partial charge < -0.3 is 14.5 Å². The molecule has 2 saturated heterocycles. The molecule has 4 rings (SSSR count). The van der Waals surface area contributed by atoms with E-state index in [1.54, 1.807) is 17.3 Å². The summed E-state index contributed by atoms with van der Waals surface area (Å²) in [4.78, 5) is 25.7. The monoisotopic (exact) mass is 366 g/mol. The highest BCUT2D eigenvalue weighted by Crippen LogP contribution is 2.43. The molecule has 3 heterocycles. The second kappa shape index (κ2) is 7.27. The van der Waals surface area contributed by atoms with Crippen molar-refractivity contribution in [2.75, 3.05) is 44.3 Å². The Morgan fingerprint density at radius 1 is 1.15 bits per heavy atom. The Kier molecular flexibility index (Phi) is 4.83. The highest BCUT2D eigenvalue weighted by atomic mass is 16.5. The molecule has 0 N–H and O–H groups in total. The molecule has 1 amide bonds. The average molecular weight is 366 g/mol. The van der Waals surface area contributed by atoms with Gasteiger partial charge in [-0.15, -0.1) is 0 Å². The Balaban J connectivity index is 1.55. The molecule has 1 aromatic carbocycles. The lowest BCUT2D eigenvalue weighted by Crippen LogP contribution is -2.41. The lowest BCUT2D eigenvalue weighted by Gasteiger charge is -2.27. The van der Waals surface area contributed by atoms with Gasteiger partial charge in [0.25, 0.3) is 5.91 Å². The molecule has 0 spiro atoms. The van der Waals surface area contributed by atoms with Gasteiger partial charge in [-0.1, -0.05) is 44.2 Å². The van der Waals surface area contributed by atoms with Crippen molar-refractivity contribution in [3.8, 4) is 0 Å². The molecule has 2 aromatic rings. The maximum Gasteiger partial charge on any atom is 0.274 e. The summed E-state index contributed by atoms with van der Waals surface area (Å²) in [5, 5.41) is 0. The van der Waals surface area contributed by atoms with Gasteiger partial charge in [-0.2, -0.15) is 0 Å². The molecular weight excluding hydrogens is 340 g/mol. The van der Waals surface area contributed by atoms with Crippen LogP contribution in [0.5, 0.6) is 0 Å². The number of benzene rings is 1. The van der Waals surface area contributed by atoms with Crippen molar-refractivity contribution in [2.45, 2.75) is 19.8 Å². The molecule has 1 unspecified atom stereocenters. The number of hydrogen-bond donors (Lipinski definition) is 0. The fourth-order valence-corrected chi connectivity index (χ4v) is 4.09. The minimum atomic E-state index is -0.0642. The first-order chi connectivity index (χ1) is 13.0. The second-order valence-electron chi connectivity index (χ2n) is 8.00. The van der Waals surface area contributed by atoms with E-state index < -0.39 is 0 Å². The topological polar surface area (TPSA) is 58.6 Å². The van der Waals surface area contributed by atoms with Crippen molar-refractivity contribution in [3.05, 3.63) is 54.0 Å². The van der Waals surface area contributed by atoms with Crippen LogP contribution in [0.3, 0.4) is 0 Å². The van der Waals surface area contributed by atoms with Crippen LogP contribution in [0.15, 0.2) is 42.7 Å². The molecule has 0 aliphatic carbocycles. The van der Waals surface area contributed by atoms with Crippen LogP contribution < -0.4 is 4.90 Å². The van der Waals surface area contributed by atoms with E-state index in [2.05, 4.69) is 59.0 Å². The zero-order chi connectivity index (χ0) is 18.9. The normalized spacial score (nSPS) is 22.1. The predicted molar refractivity (Wildman–Crippen MR) is 104 cm³/mol. The SMILES string of the molecule is CC1(C)CN(c2cncc(C(=O)N3CCOCC3)n2)CC1c1ccccc1. The number of carbonyl (C=O) groups is 1. The van der Waals surface area contributed by atoms with E-state index in [9.17, 15) is 4.79 Å². The van der Waals surface area contributed by atoms with Gasteiger partial charge in [0.15, 0.2) is 0 Å². The van der Waals surface area contributed by atoms with Crippen LogP contribution in [0.1, 0.15) is 35.8 Å². The summed E-state index contributed by atoms with van der Waals surface area (Å²) < 4.78 is 5.33.